The minimum Gasteiger partial charge on any atom is -0.497 e. The summed E-state index contributed by atoms with van der Waals surface area (Å²) in [4.78, 5) is 17.6. The number of hydrogen-bond acceptors (Lipinski definition) is 4. The summed E-state index contributed by atoms with van der Waals surface area (Å²) in [6.07, 6.45) is -0.231. The number of anilines is 1. The Morgan fingerprint density at radius 2 is 1.55 bits per heavy atom. The molecular weight excluding hydrogens is 388 g/mol. The van der Waals surface area contributed by atoms with Gasteiger partial charge in [0.25, 0.3) is 0 Å². The number of nitrogens with zero attached hydrogens (tertiary/aromatic N) is 2. The maximum absolute atomic E-state index is 13.5. The molecule has 1 aliphatic rings. The predicted molar refractivity (Wildman–Crippen MR) is 117 cm³/mol. The molecule has 0 aromatic heterocycles. The van der Waals surface area contributed by atoms with Gasteiger partial charge in [-0.1, -0.05) is 11.6 Å². The van der Waals surface area contributed by atoms with Gasteiger partial charge >= 0.3 is 0 Å². The Morgan fingerprint density at radius 3 is 2.07 bits per heavy atom. The van der Waals surface area contributed by atoms with Crippen LogP contribution in [0.1, 0.15) is 27.7 Å². The Balaban J connectivity index is 1.86. The largest absolute Gasteiger partial charge is 0.497 e. The molecule has 0 aliphatic carbocycles. The van der Waals surface area contributed by atoms with Crippen LogP contribution in [0.25, 0.3) is 0 Å². The first-order valence-electron chi connectivity index (χ1n) is 9.97. The fourth-order valence-corrected chi connectivity index (χ4v) is 3.98. The lowest BCUT2D eigenvalue weighted by Crippen LogP contribution is -2.70. The van der Waals surface area contributed by atoms with Crippen molar-refractivity contribution in [3.05, 3.63) is 53.6 Å². The van der Waals surface area contributed by atoms with E-state index in [0.29, 0.717) is 17.3 Å². The molecule has 5 nitrogen and oxygen atoms in total. The fourth-order valence-electron chi connectivity index (χ4n) is 3.85. The van der Waals surface area contributed by atoms with Crippen molar-refractivity contribution in [2.45, 2.75) is 51.9 Å². The topological polar surface area (TPSA) is 42.0 Å². The molecule has 0 N–H and O–H groups in total. The lowest BCUT2D eigenvalue weighted by molar-refractivity contribution is -0.140. The van der Waals surface area contributed by atoms with E-state index < -0.39 is 0 Å². The van der Waals surface area contributed by atoms with Crippen molar-refractivity contribution in [2.75, 3.05) is 18.6 Å². The van der Waals surface area contributed by atoms with Gasteiger partial charge in [0.1, 0.15) is 23.6 Å². The number of amides is 1. The van der Waals surface area contributed by atoms with E-state index in [2.05, 4.69) is 4.90 Å². The lowest BCUT2D eigenvalue weighted by Gasteiger charge is -2.50. The van der Waals surface area contributed by atoms with E-state index >= 15 is 0 Å². The minimum absolute atomic E-state index is 0.0797. The Labute approximate surface area is 178 Å². The van der Waals surface area contributed by atoms with Gasteiger partial charge in [-0.25, -0.2) is 0 Å². The summed E-state index contributed by atoms with van der Waals surface area (Å²) in [5, 5.41) is 0.657. The van der Waals surface area contributed by atoms with E-state index in [4.69, 9.17) is 21.1 Å². The highest BCUT2D eigenvalue weighted by Gasteiger charge is 2.48. The Hall–Kier alpha value is -2.40. The van der Waals surface area contributed by atoms with Gasteiger partial charge in [0, 0.05) is 22.8 Å². The second-order valence-corrected chi connectivity index (χ2v) is 8.27. The number of carbonyl (C=O) groups is 1. The Bertz CT molecular complexity index is 813. The van der Waals surface area contributed by atoms with Crippen molar-refractivity contribution < 1.29 is 14.3 Å². The first-order chi connectivity index (χ1) is 13.8. The molecule has 0 spiro atoms. The molecule has 3 rings (SSSR count). The number of ether oxygens (including phenoxy) is 2. The van der Waals surface area contributed by atoms with Crippen molar-refractivity contribution in [3.63, 3.8) is 0 Å². The fraction of sp³-hybridized carbons (Fsp3) is 0.435. The van der Waals surface area contributed by atoms with Crippen LogP contribution >= 0.6 is 11.6 Å². The number of hydrogen-bond donors (Lipinski definition) is 0. The molecule has 2 aromatic rings. The Morgan fingerprint density at radius 1 is 1.00 bits per heavy atom. The molecule has 1 fully saturated rings. The number of halogens is 1. The van der Waals surface area contributed by atoms with Crippen LogP contribution in [-0.4, -0.2) is 48.7 Å². The summed E-state index contributed by atoms with van der Waals surface area (Å²) < 4.78 is 11.4. The summed E-state index contributed by atoms with van der Waals surface area (Å²) in [6, 6.07) is 14.9. The third-order valence-electron chi connectivity index (χ3n) is 5.19. The van der Waals surface area contributed by atoms with Crippen molar-refractivity contribution in [1.29, 1.82) is 0 Å². The monoisotopic (exact) mass is 416 g/mol. The highest BCUT2D eigenvalue weighted by Crippen LogP contribution is 2.33. The van der Waals surface area contributed by atoms with Crippen LogP contribution in [0.15, 0.2) is 48.5 Å². The molecule has 1 amide bonds. The lowest BCUT2D eigenvalue weighted by atomic mass is 9.94. The van der Waals surface area contributed by atoms with Gasteiger partial charge in [0.05, 0.1) is 13.7 Å². The highest BCUT2D eigenvalue weighted by atomic mass is 35.5. The molecule has 1 saturated heterocycles. The summed E-state index contributed by atoms with van der Waals surface area (Å²) in [6.45, 7) is 8.81. The summed E-state index contributed by atoms with van der Waals surface area (Å²) in [5.74, 6) is 1.58. The van der Waals surface area contributed by atoms with E-state index in [1.54, 1.807) is 19.2 Å². The van der Waals surface area contributed by atoms with Crippen LogP contribution in [-0.2, 0) is 4.79 Å². The average Bonchev–Trinajstić information content (AvgIpc) is 2.65. The minimum atomic E-state index is -0.385. The van der Waals surface area contributed by atoms with Gasteiger partial charge < -0.3 is 19.3 Å². The quantitative estimate of drug-likeness (QED) is 0.659. The van der Waals surface area contributed by atoms with Crippen LogP contribution < -0.4 is 14.4 Å². The number of methoxy groups -OCH3 is 1. The summed E-state index contributed by atoms with van der Waals surface area (Å²) in [7, 11) is 1.64. The van der Waals surface area contributed by atoms with Crippen LogP contribution in [0.5, 0.6) is 11.5 Å². The second-order valence-electron chi connectivity index (χ2n) is 7.84. The second kappa shape index (κ2) is 8.95. The van der Waals surface area contributed by atoms with E-state index in [9.17, 15) is 4.79 Å². The zero-order valence-electron chi connectivity index (χ0n) is 17.6. The van der Waals surface area contributed by atoms with E-state index in [0.717, 1.165) is 11.4 Å². The van der Waals surface area contributed by atoms with Crippen LogP contribution in [0, 0.1) is 0 Å². The van der Waals surface area contributed by atoms with E-state index in [1.165, 1.54) is 0 Å². The molecule has 2 aromatic carbocycles. The molecule has 0 saturated carbocycles. The number of carbonyl (C=O) groups excluding carboxylic acids is 1. The van der Waals surface area contributed by atoms with Crippen molar-refractivity contribution in [2.24, 2.45) is 0 Å². The van der Waals surface area contributed by atoms with Crippen molar-refractivity contribution in [1.82, 2.24) is 4.90 Å². The molecule has 1 heterocycles. The standard InChI is InChI=1S/C23H29ClN2O3/c1-15(2)26(16(3)4)23(27)22-21(29-20-10-6-17(24)7-11-20)14-25(22)18-8-12-19(28-5)13-9-18/h6-13,15-16,21-22H,14H2,1-5H3/t21-,22+/m1/s1. The van der Waals surface area contributed by atoms with Gasteiger partial charge in [-0.05, 0) is 76.2 Å². The molecular formula is C23H29ClN2O3. The smallest absolute Gasteiger partial charge is 0.249 e. The summed E-state index contributed by atoms with van der Waals surface area (Å²) in [5.41, 5.74) is 0.979. The molecule has 0 radical (unpaired) electrons. The molecule has 0 bridgehead atoms. The molecule has 156 valence electrons. The zero-order chi connectivity index (χ0) is 21.1. The molecule has 6 heteroatoms. The molecule has 1 aliphatic heterocycles. The predicted octanol–water partition coefficient (Wildman–Crippen LogP) is 4.63. The SMILES string of the molecule is COc1ccc(N2C[C@@H](Oc3ccc(Cl)cc3)[C@H]2C(=O)N(C(C)C)C(C)C)cc1. The maximum Gasteiger partial charge on any atom is 0.249 e. The van der Waals surface area contributed by atoms with E-state index in [-0.39, 0.29) is 30.1 Å². The highest BCUT2D eigenvalue weighted by molar-refractivity contribution is 6.30. The van der Waals surface area contributed by atoms with Crippen molar-refractivity contribution in [3.8, 4) is 11.5 Å². The maximum atomic E-state index is 13.5. The zero-order valence-corrected chi connectivity index (χ0v) is 18.4. The van der Waals surface area contributed by atoms with Crippen LogP contribution in [0.4, 0.5) is 5.69 Å². The van der Waals surface area contributed by atoms with Crippen LogP contribution in [0.3, 0.4) is 0 Å². The van der Waals surface area contributed by atoms with Gasteiger partial charge in [-0.3, -0.25) is 4.79 Å². The first-order valence-corrected chi connectivity index (χ1v) is 10.3. The normalized spacial score (nSPS) is 18.6. The van der Waals surface area contributed by atoms with Gasteiger partial charge in [0.15, 0.2) is 0 Å². The van der Waals surface area contributed by atoms with E-state index in [1.807, 2.05) is 69.0 Å². The van der Waals surface area contributed by atoms with Crippen LogP contribution in [0.2, 0.25) is 5.02 Å². The molecule has 2 atom stereocenters. The average molecular weight is 417 g/mol. The third kappa shape index (κ3) is 4.61. The molecule has 0 unspecified atom stereocenters. The van der Waals surface area contributed by atoms with Gasteiger partial charge in [-0.2, -0.15) is 0 Å². The first kappa shape index (κ1) is 21.3. The summed E-state index contributed by atoms with van der Waals surface area (Å²) >= 11 is 5.98. The van der Waals surface area contributed by atoms with Gasteiger partial charge in [0.2, 0.25) is 5.91 Å². The van der Waals surface area contributed by atoms with Crippen molar-refractivity contribution >= 4 is 23.2 Å². The Kier molecular flexibility index (Phi) is 6.58. The molecule has 29 heavy (non-hydrogen) atoms. The van der Waals surface area contributed by atoms with Gasteiger partial charge in [-0.15, -0.1) is 0 Å². The number of rotatable bonds is 7. The third-order valence-corrected chi connectivity index (χ3v) is 5.44. The number of benzene rings is 2.